The maximum Gasteiger partial charge on any atom is 0.429 e. The molecule has 2 aliphatic heterocycles. The maximum atomic E-state index is 14.2. The summed E-state index contributed by atoms with van der Waals surface area (Å²) in [5, 5.41) is 6.75. The highest BCUT2D eigenvalue weighted by molar-refractivity contribution is 5.93. The van der Waals surface area contributed by atoms with Crippen molar-refractivity contribution in [3.05, 3.63) is 35.9 Å². The maximum absolute atomic E-state index is 14.2. The molecule has 46 heavy (non-hydrogen) atoms. The lowest BCUT2D eigenvalue weighted by Gasteiger charge is -2.36. The zero-order chi connectivity index (χ0) is 34.2. The molecule has 0 aromatic heterocycles. The van der Waals surface area contributed by atoms with Gasteiger partial charge in [-0.3, -0.25) is 19.8 Å². The molecule has 1 aliphatic carbocycles. The second-order valence-corrected chi connectivity index (χ2v) is 15.3. The SMILES string of the molecule is CC[C@H](C)[C@H](NC(=O)OCc1ccccc1)C(=O)N1C[C@H]2[C@@H]([C@H]1C(=O)NN(CC1CC(C)(C)NC1=O)C(=O)OC(C)(C)C)C2(C)C. The Labute approximate surface area is 272 Å². The van der Waals surface area contributed by atoms with Gasteiger partial charge in [-0.25, -0.2) is 14.6 Å². The summed E-state index contributed by atoms with van der Waals surface area (Å²) in [5.74, 6) is -2.00. The summed E-state index contributed by atoms with van der Waals surface area (Å²) < 4.78 is 11.0. The Kier molecular flexibility index (Phi) is 9.99. The van der Waals surface area contributed by atoms with Crippen LogP contribution < -0.4 is 16.1 Å². The molecule has 2 saturated heterocycles. The topological polar surface area (TPSA) is 146 Å². The molecule has 5 amide bonds. The van der Waals surface area contributed by atoms with E-state index < -0.39 is 47.2 Å². The molecule has 12 nitrogen and oxygen atoms in total. The van der Waals surface area contributed by atoms with Gasteiger partial charge in [-0.05, 0) is 69.8 Å². The van der Waals surface area contributed by atoms with E-state index in [-0.39, 0.29) is 48.1 Å². The summed E-state index contributed by atoms with van der Waals surface area (Å²) in [6.07, 6.45) is -0.441. The number of piperidine rings is 1. The summed E-state index contributed by atoms with van der Waals surface area (Å²) >= 11 is 0. The molecule has 1 aromatic rings. The van der Waals surface area contributed by atoms with Gasteiger partial charge < -0.3 is 25.0 Å². The lowest BCUT2D eigenvalue weighted by atomic mass is 9.95. The third-order valence-corrected chi connectivity index (χ3v) is 9.58. The van der Waals surface area contributed by atoms with Crippen LogP contribution in [0.4, 0.5) is 9.59 Å². The quantitative estimate of drug-likeness (QED) is 0.346. The van der Waals surface area contributed by atoms with E-state index in [0.717, 1.165) is 10.6 Å². The Morgan fingerprint density at radius 2 is 1.76 bits per heavy atom. The second-order valence-electron chi connectivity index (χ2n) is 15.3. The van der Waals surface area contributed by atoms with E-state index in [2.05, 4.69) is 29.9 Å². The Hall–Kier alpha value is -3.83. The van der Waals surface area contributed by atoms with Crippen LogP contribution in [0.1, 0.15) is 80.7 Å². The summed E-state index contributed by atoms with van der Waals surface area (Å²) in [5.41, 5.74) is 2.05. The molecule has 0 bridgehead atoms. The van der Waals surface area contributed by atoms with Crippen LogP contribution in [0.25, 0.3) is 0 Å². The third-order valence-electron chi connectivity index (χ3n) is 9.58. The second kappa shape index (κ2) is 13.1. The number of amides is 5. The first-order valence-corrected chi connectivity index (χ1v) is 16.3. The zero-order valence-corrected chi connectivity index (χ0v) is 28.6. The van der Waals surface area contributed by atoms with Crippen molar-refractivity contribution in [1.82, 2.24) is 26.0 Å². The zero-order valence-electron chi connectivity index (χ0n) is 28.6. The third kappa shape index (κ3) is 7.93. The number of rotatable bonds is 9. The van der Waals surface area contributed by atoms with Crippen LogP contribution in [0.3, 0.4) is 0 Å². The summed E-state index contributed by atoms with van der Waals surface area (Å²) in [7, 11) is 0. The standard InChI is InChI=1S/C34H51N5O7/c1-10-20(2)25(35-30(43)45-19-21-14-12-11-13-15-21)29(42)38-18-23-24(34(23,8)9)26(38)28(41)37-39(31(44)46-32(3,4)5)17-22-16-33(6,7)36-27(22)40/h11-15,20,22-26H,10,16-19H2,1-9H3,(H,35,43)(H,36,40)(H,37,41)/t20-,22?,23-,24-,25-,26-/m0/s1. The van der Waals surface area contributed by atoms with Crippen molar-refractivity contribution in [2.45, 2.75) is 105 Å². The Morgan fingerprint density at radius 3 is 2.33 bits per heavy atom. The lowest BCUT2D eigenvalue weighted by Crippen LogP contribution is -2.60. The number of likely N-dealkylation sites (tertiary alicyclic amines) is 1. The normalized spacial score (nSPS) is 25.4. The van der Waals surface area contributed by atoms with Gasteiger partial charge >= 0.3 is 12.2 Å². The van der Waals surface area contributed by atoms with Gasteiger partial charge in [0, 0.05) is 12.1 Å². The first-order valence-electron chi connectivity index (χ1n) is 16.3. The Morgan fingerprint density at radius 1 is 1.11 bits per heavy atom. The molecule has 0 radical (unpaired) electrons. The highest BCUT2D eigenvalue weighted by Crippen LogP contribution is 2.65. The highest BCUT2D eigenvalue weighted by Gasteiger charge is 2.69. The van der Waals surface area contributed by atoms with Crippen LogP contribution in [-0.4, -0.2) is 76.1 Å². The van der Waals surface area contributed by atoms with Crippen LogP contribution in [-0.2, 0) is 30.5 Å². The van der Waals surface area contributed by atoms with Crippen molar-refractivity contribution in [2.24, 2.45) is 29.1 Å². The van der Waals surface area contributed by atoms with Gasteiger partial charge in [-0.1, -0.05) is 64.4 Å². The van der Waals surface area contributed by atoms with Crippen molar-refractivity contribution in [3.8, 4) is 0 Å². The molecule has 3 N–H and O–H groups in total. The minimum Gasteiger partial charge on any atom is -0.445 e. The van der Waals surface area contributed by atoms with Crippen LogP contribution >= 0.6 is 0 Å². The number of fused-ring (bicyclic) bond motifs is 1. The number of ether oxygens (including phenoxy) is 2. The molecular formula is C34H51N5O7. The summed E-state index contributed by atoms with van der Waals surface area (Å²) in [4.78, 5) is 68.8. The first-order chi connectivity index (χ1) is 21.3. The molecule has 3 aliphatic rings. The predicted octanol–water partition coefficient (Wildman–Crippen LogP) is 3.99. The molecule has 1 saturated carbocycles. The minimum absolute atomic E-state index is 0.0534. The number of hydrazine groups is 1. The molecule has 4 rings (SSSR count). The van der Waals surface area contributed by atoms with Gasteiger partial charge in [0.05, 0.1) is 12.5 Å². The summed E-state index contributed by atoms with van der Waals surface area (Å²) in [6.45, 7) is 17.2. The molecule has 2 heterocycles. The lowest BCUT2D eigenvalue weighted by molar-refractivity contribution is -0.144. The Bertz CT molecular complexity index is 1320. The highest BCUT2D eigenvalue weighted by atomic mass is 16.6. The minimum atomic E-state index is -0.921. The van der Waals surface area contributed by atoms with Crippen LogP contribution in [0.5, 0.6) is 0 Å². The van der Waals surface area contributed by atoms with E-state index in [0.29, 0.717) is 19.4 Å². The van der Waals surface area contributed by atoms with Crippen molar-refractivity contribution in [2.75, 3.05) is 13.1 Å². The van der Waals surface area contributed by atoms with Gasteiger partial charge in [-0.15, -0.1) is 0 Å². The predicted molar refractivity (Wildman–Crippen MR) is 171 cm³/mol. The van der Waals surface area contributed by atoms with Gasteiger partial charge in [0.2, 0.25) is 11.8 Å². The van der Waals surface area contributed by atoms with Gasteiger partial charge in [0.1, 0.15) is 24.3 Å². The fourth-order valence-corrected chi connectivity index (χ4v) is 6.81. The van der Waals surface area contributed by atoms with E-state index in [9.17, 15) is 24.0 Å². The van der Waals surface area contributed by atoms with Crippen molar-refractivity contribution >= 4 is 29.9 Å². The number of alkyl carbamates (subject to hydrolysis) is 1. The van der Waals surface area contributed by atoms with Crippen LogP contribution in [0.15, 0.2) is 30.3 Å². The van der Waals surface area contributed by atoms with Crippen molar-refractivity contribution < 1.29 is 33.4 Å². The average Bonchev–Trinajstić information content (AvgIpc) is 3.24. The molecular weight excluding hydrogens is 590 g/mol. The number of nitrogens with one attached hydrogen (secondary N) is 3. The Balaban J connectivity index is 1.53. The van der Waals surface area contributed by atoms with E-state index in [4.69, 9.17) is 9.47 Å². The molecule has 1 aromatic carbocycles. The van der Waals surface area contributed by atoms with Crippen LogP contribution in [0.2, 0.25) is 0 Å². The molecule has 3 fully saturated rings. The monoisotopic (exact) mass is 641 g/mol. The number of carbonyl (C=O) groups is 5. The molecule has 12 heteroatoms. The fourth-order valence-electron chi connectivity index (χ4n) is 6.81. The number of nitrogens with zero attached hydrogens (tertiary/aromatic N) is 2. The number of carbonyl (C=O) groups excluding carboxylic acids is 5. The van der Waals surface area contributed by atoms with Crippen molar-refractivity contribution in [3.63, 3.8) is 0 Å². The van der Waals surface area contributed by atoms with Gasteiger partial charge in [-0.2, -0.15) is 0 Å². The van der Waals surface area contributed by atoms with Gasteiger partial charge in [0.15, 0.2) is 0 Å². The molecule has 254 valence electrons. The number of hydrogen-bond donors (Lipinski definition) is 3. The van der Waals surface area contributed by atoms with E-state index in [1.54, 1.807) is 20.8 Å². The number of hydrogen-bond acceptors (Lipinski definition) is 7. The van der Waals surface area contributed by atoms with Crippen LogP contribution in [0, 0.1) is 29.1 Å². The molecule has 1 unspecified atom stereocenters. The largest absolute Gasteiger partial charge is 0.445 e. The van der Waals surface area contributed by atoms with E-state index in [1.165, 1.54) is 4.90 Å². The van der Waals surface area contributed by atoms with E-state index in [1.807, 2.05) is 58.0 Å². The number of benzene rings is 1. The van der Waals surface area contributed by atoms with Crippen molar-refractivity contribution in [1.29, 1.82) is 0 Å². The molecule has 6 atom stereocenters. The first kappa shape index (κ1) is 35.0. The molecule has 0 spiro atoms. The average molecular weight is 642 g/mol. The smallest absolute Gasteiger partial charge is 0.429 e. The van der Waals surface area contributed by atoms with Gasteiger partial charge in [0.25, 0.3) is 5.91 Å². The van der Waals surface area contributed by atoms with E-state index >= 15 is 0 Å². The summed E-state index contributed by atoms with van der Waals surface area (Å²) in [6, 6.07) is 7.44. The fraction of sp³-hybridized carbons (Fsp3) is 0.676.